The van der Waals surface area contributed by atoms with Gasteiger partial charge in [0.1, 0.15) is 0 Å². The van der Waals surface area contributed by atoms with Crippen molar-refractivity contribution in [2.75, 3.05) is 13.1 Å². The van der Waals surface area contributed by atoms with Gasteiger partial charge < -0.3 is 4.90 Å². The summed E-state index contributed by atoms with van der Waals surface area (Å²) in [5.41, 5.74) is 0. The van der Waals surface area contributed by atoms with E-state index >= 15 is 0 Å². The first-order valence-corrected chi connectivity index (χ1v) is 4.54. The highest BCUT2D eigenvalue weighted by atomic mass is 15.1. The van der Waals surface area contributed by atoms with Gasteiger partial charge in [-0.25, -0.2) is 0 Å². The summed E-state index contributed by atoms with van der Waals surface area (Å²) < 4.78 is 0. The van der Waals surface area contributed by atoms with Crippen LogP contribution in [-0.4, -0.2) is 32.4 Å². The highest BCUT2D eigenvalue weighted by Crippen LogP contribution is 2.06. The van der Waals surface area contributed by atoms with E-state index in [4.69, 9.17) is 0 Å². The minimum Gasteiger partial charge on any atom is -0.301 e. The average molecular weight is 157 g/mol. The van der Waals surface area contributed by atoms with Crippen LogP contribution in [0, 0.1) is 0 Å². The minimum absolute atomic E-state index is 0. The van der Waals surface area contributed by atoms with Crippen LogP contribution in [0.15, 0.2) is 0 Å². The van der Waals surface area contributed by atoms with Gasteiger partial charge in [-0.3, -0.25) is 0 Å². The average Bonchev–Trinajstić information content (AvgIpc) is 2.00. The first kappa shape index (κ1) is 13.6. The van der Waals surface area contributed by atoms with Gasteiger partial charge in [0.05, 0.1) is 8.41 Å². The monoisotopic (exact) mass is 157 g/mol. The van der Waals surface area contributed by atoms with Crippen LogP contribution in [0.3, 0.4) is 0 Å². The molecule has 0 unspecified atom stereocenters. The number of hydrogen-bond acceptors (Lipinski definition) is 1. The fourth-order valence-electron chi connectivity index (χ4n) is 1.55. The molecule has 0 saturated heterocycles. The summed E-state index contributed by atoms with van der Waals surface area (Å²) in [7, 11) is 0. The quantitative estimate of drug-likeness (QED) is 0.544. The van der Waals surface area contributed by atoms with Crippen LogP contribution >= 0.6 is 0 Å². The van der Waals surface area contributed by atoms with E-state index in [-0.39, 0.29) is 8.41 Å². The third-order valence-corrected chi connectivity index (χ3v) is 2.27. The number of hydrogen-bond donors (Lipinski definition) is 0. The van der Waals surface area contributed by atoms with Crippen LogP contribution in [0.1, 0.15) is 40.5 Å². The summed E-state index contributed by atoms with van der Waals surface area (Å²) in [6.45, 7) is 11.4. The Kier molecular flexibility index (Phi) is 10.0. The molecule has 0 aromatic carbocycles. The lowest BCUT2D eigenvalue weighted by atomic mass is 10.1. The molecule has 0 fully saturated rings. The molecule has 0 atom stereocenters. The second-order valence-corrected chi connectivity index (χ2v) is 2.69. The summed E-state index contributed by atoms with van der Waals surface area (Å²) in [6.07, 6.45) is 2.58. The van der Waals surface area contributed by atoms with Gasteiger partial charge in [-0.05, 0) is 25.9 Å². The number of nitrogens with zero attached hydrogens (tertiary/aromatic N) is 1. The van der Waals surface area contributed by atoms with Crippen LogP contribution in [0.25, 0.3) is 0 Å². The van der Waals surface area contributed by atoms with Gasteiger partial charge in [-0.1, -0.05) is 27.7 Å². The van der Waals surface area contributed by atoms with E-state index in [0.29, 0.717) is 0 Å². The molecule has 0 spiro atoms. The molecule has 0 rings (SSSR count). The maximum absolute atomic E-state index is 2.53. The Hall–Kier alpha value is 0.0249. The van der Waals surface area contributed by atoms with Crippen LogP contribution in [0.5, 0.6) is 0 Å². The summed E-state index contributed by atoms with van der Waals surface area (Å²) in [5, 5.41) is 0. The highest BCUT2D eigenvalue weighted by molar-refractivity contribution is 5.75. The van der Waals surface area contributed by atoms with Crippen molar-refractivity contribution in [2.45, 2.75) is 46.6 Å². The molecule has 0 aliphatic heterocycles. The van der Waals surface area contributed by atoms with Crippen molar-refractivity contribution in [2.24, 2.45) is 0 Å². The van der Waals surface area contributed by atoms with E-state index in [1.54, 1.807) is 0 Å². The number of rotatable bonds is 5. The van der Waals surface area contributed by atoms with Crippen LogP contribution in [0.4, 0.5) is 0 Å². The zero-order valence-corrected chi connectivity index (χ0v) is 7.85. The Morgan fingerprint density at radius 1 is 0.909 bits per heavy atom. The summed E-state index contributed by atoms with van der Waals surface area (Å²) >= 11 is 0. The molecule has 0 bridgehead atoms. The molecular weight excluding hydrogens is 133 g/mol. The molecule has 0 aliphatic rings. The van der Waals surface area contributed by atoms with Crippen molar-refractivity contribution in [1.82, 2.24) is 4.90 Å². The third kappa shape index (κ3) is 4.46. The molecule has 0 saturated carbocycles. The van der Waals surface area contributed by atoms with Gasteiger partial charge in [0.25, 0.3) is 0 Å². The summed E-state index contributed by atoms with van der Waals surface area (Å²) in [4.78, 5) is 2.53. The normalized spacial score (nSPS) is 10.4. The second kappa shape index (κ2) is 8.12. The van der Waals surface area contributed by atoms with Crippen molar-refractivity contribution in [3.05, 3.63) is 0 Å². The van der Waals surface area contributed by atoms with Crippen LogP contribution in [0.2, 0.25) is 0 Å². The van der Waals surface area contributed by atoms with Crippen LogP contribution < -0.4 is 0 Å². The molecule has 68 valence electrons. The summed E-state index contributed by atoms with van der Waals surface area (Å²) in [6, 6.07) is 0.815. The van der Waals surface area contributed by atoms with Crippen molar-refractivity contribution < 1.29 is 0 Å². The summed E-state index contributed by atoms with van der Waals surface area (Å²) in [5.74, 6) is 0. The van der Waals surface area contributed by atoms with E-state index < -0.39 is 0 Å². The predicted octanol–water partition coefficient (Wildman–Crippen LogP) is 1.33. The Morgan fingerprint density at radius 3 is 1.36 bits per heavy atom. The zero-order chi connectivity index (χ0) is 7.98. The lowest BCUT2D eigenvalue weighted by molar-refractivity contribution is 0.206. The molecule has 1 nitrogen and oxygen atoms in total. The van der Waals surface area contributed by atoms with Gasteiger partial charge in [-0.15, -0.1) is 0 Å². The first-order chi connectivity index (χ1) is 4.79. The standard InChI is InChI=1S/C9H21N.BH3/c1-5-9(6-2)10(7-3)8-4;/h9H,5-8H2,1-4H3;1H3. The molecule has 0 aromatic rings. The molecule has 0 heterocycles. The minimum atomic E-state index is 0. The molecule has 0 aliphatic carbocycles. The molecule has 11 heavy (non-hydrogen) atoms. The Balaban J connectivity index is 0. The SMILES string of the molecule is B.CCC(CC)N(CC)CC. The lowest BCUT2D eigenvalue weighted by Gasteiger charge is -2.27. The van der Waals surface area contributed by atoms with E-state index in [2.05, 4.69) is 32.6 Å². The van der Waals surface area contributed by atoms with E-state index in [0.717, 1.165) is 6.04 Å². The van der Waals surface area contributed by atoms with E-state index in [9.17, 15) is 0 Å². The topological polar surface area (TPSA) is 3.24 Å². The molecule has 0 amide bonds. The molecule has 0 N–H and O–H groups in total. The molecular formula is C9H24BN. The zero-order valence-electron chi connectivity index (χ0n) is 7.85. The van der Waals surface area contributed by atoms with Crippen molar-refractivity contribution in [3.63, 3.8) is 0 Å². The maximum Gasteiger partial charge on any atom is 0.0814 e. The highest BCUT2D eigenvalue weighted by Gasteiger charge is 2.09. The second-order valence-electron chi connectivity index (χ2n) is 2.69. The van der Waals surface area contributed by atoms with E-state index in [1.807, 2.05) is 0 Å². The Bertz CT molecular complexity index is 58.0. The fraction of sp³-hybridized carbons (Fsp3) is 1.00. The maximum atomic E-state index is 2.53. The lowest BCUT2D eigenvalue weighted by Crippen LogP contribution is -2.33. The van der Waals surface area contributed by atoms with Gasteiger partial charge in [0, 0.05) is 6.04 Å². The Labute approximate surface area is 73.7 Å². The largest absolute Gasteiger partial charge is 0.301 e. The van der Waals surface area contributed by atoms with Crippen molar-refractivity contribution in [1.29, 1.82) is 0 Å². The molecule has 2 heteroatoms. The van der Waals surface area contributed by atoms with Gasteiger partial charge in [0.2, 0.25) is 0 Å². The van der Waals surface area contributed by atoms with Crippen LogP contribution in [-0.2, 0) is 0 Å². The van der Waals surface area contributed by atoms with E-state index in [1.165, 1.54) is 25.9 Å². The molecule has 0 aromatic heterocycles. The van der Waals surface area contributed by atoms with Gasteiger partial charge in [-0.2, -0.15) is 0 Å². The third-order valence-electron chi connectivity index (χ3n) is 2.27. The molecule has 0 radical (unpaired) electrons. The first-order valence-electron chi connectivity index (χ1n) is 4.54. The van der Waals surface area contributed by atoms with Gasteiger partial charge >= 0.3 is 0 Å². The predicted molar refractivity (Wildman–Crippen MR) is 57.2 cm³/mol. The smallest absolute Gasteiger partial charge is 0.0814 e. The van der Waals surface area contributed by atoms with Crippen molar-refractivity contribution >= 4 is 8.41 Å². The van der Waals surface area contributed by atoms with Gasteiger partial charge in [0.15, 0.2) is 0 Å². The Morgan fingerprint density at radius 2 is 1.27 bits per heavy atom. The van der Waals surface area contributed by atoms with Crippen molar-refractivity contribution in [3.8, 4) is 0 Å². The fourth-order valence-corrected chi connectivity index (χ4v) is 1.55.